The fourth-order valence-corrected chi connectivity index (χ4v) is 3.55. The first-order valence-corrected chi connectivity index (χ1v) is 7.90. The van der Waals surface area contributed by atoms with E-state index in [1.54, 1.807) is 0 Å². The highest BCUT2D eigenvalue weighted by molar-refractivity contribution is 5.82. The van der Waals surface area contributed by atoms with Crippen LogP contribution in [-0.2, 0) is 9.53 Å². The molecule has 0 aliphatic carbocycles. The lowest BCUT2D eigenvalue weighted by Gasteiger charge is -2.25. The fraction of sp³-hybridized carbons (Fsp3) is 0.588. The zero-order valence-corrected chi connectivity index (χ0v) is 12.6. The third kappa shape index (κ3) is 2.97. The smallest absolute Gasteiger partial charge is 0.251 e. The normalized spacial score (nSPS) is 32.6. The van der Waals surface area contributed by atoms with Gasteiger partial charge in [-0.2, -0.15) is 0 Å². The van der Waals surface area contributed by atoms with Crippen LogP contribution in [0.2, 0.25) is 0 Å². The second kappa shape index (κ2) is 6.16. The summed E-state index contributed by atoms with van der Waals surface area (Å²) in [7, 11) is 0. The summed E-state index contributed by atoms with van der Waals surface area (Å²) in [6, 6.07) is 10.8. The summed E-state index contributed by atoms with van der Waals surface area (Å²) in [6.45, 7) is 3.44. The molecule has 0 aromatic heterocycles. The molecule has 2 aliphatic heterocycles. The first-order chi connectivity index (χ1) is 10.2. The largest absolute Gasteiger partial charge is 0.364 e. The number of likely N-dealkylation sites (tertiary alicyclic amines) is 1. The number of ether oxygens (including phenoxy) is 1. The molecule has 2 heterocycles. The molecule has 4 atom stereocenters. The molecule has 1 aromatic rings. The summed E-state index contributed by atoms with van der Waals surface area (Å²) in [5.74, 6) is 0.591. The highest BCUT2D eigenvalue weighted by Crippen LogP contribution is 2.33. The molecule has 2 unspecified atom stereocenters. The molecule has 1 amide bonds. The second-order valence-electron chi connectivity index (χ2n) is 6.24. The molecule has 114 valence electrons. The van der Waals surface area contributed by atoms with Gasteiger partial charge in [0.15, 0.2) is 0 Å². The van der Waals surface area contributed by atoms with Crippen LogP contribution in [0.3, 0.4) is 0 Å². The summed E-state index contributed by atoms with van der Waals surface area (Å²) in [5, 5.41) is 0. The van der Waals surface area contributed by atoms with E-state index in [9.17, 15) is 4.79 Å². The summed E-state index contributed by atoms with van der Waals surface area (Å²) in [5.41, 5.74) is 6.95. The van der Waals surface area contributed by atoms with Gasteiger partial charge in [-0.25, -0.2) is 0 Å². The zero-order chi connectivity index (χ0) is 14.8. The minimum atomic E-state index is -0.282. The van der Waals surface area contributed by atoms with E-state index in [2.05, 4.69) is 31.2 Å². The summed E-state index contributed by atoms with van der Waals surface area (Å²) >= 11 is 0. The molecule has 2 fully saturated rings. The molecule has 0 spiro atoms. The molecule has 4 heteroatoms. The van der Waals surface area contributed by atoms with Crippen LogP contribution in [0.15, 0.2) is 30.3 Å². The van der Waals surface area contributed by atoms with Crippen molar-refractivity contribution in [2.75, 3.05) is 13.1 Å². The third-order valence-electron chi connectivity index (χ3n) is 4.77. The predicted octanol–water partition coefficient (Wildman–Crippen LogP) is 1.90. The van der Waals surface area contributed by atoms with Crippen molar-refractivity contribution in [1.29, 1.82) is 0 Å². The SMILES string of the molecule is CC1CC(c2ccccc2)CN1C(=O)[C@@H]1CC[C@H](CN)O1. The van der Waals surface area contributed by atoms with Crippen LogP contribution in [0.5, 0.6) is 0 Å². The molecule has 2 N–H and O–H groups in total. The molecule has 4 nitrogen and oxygen atoms in total. The molecule has 0 bridgehead atoms. The van der Waals surface area contributed by atoms with Gasteiger partial charge >= 0.3 is 0 Å². The molecule has 2 saturated heterocycles. The molecule has 3 rings (SSSR count). The Labute approximate surface area is 126 Å². The Bertz CT molecular complexity index is 491. The molecule has 0 saturated carbocycles. The maximum atomic E-state index is 12.7. The lowest BCUT2D eigenvalue weighted by Crippen LogP contribution is -2.41. The standard InChI is InChI=1S/C17H24N2O2/c1-12-9-14(13-5-3-2-4-6-13)11-19(12)17(20)16-8-7-15(10-18)21-16/h2-6,12,14-16H,7-11,18H2,1H3/t12?,14?,15-,16+/m1/s1. The minimum absolute atomic E-state index is 0.0572. The van der Waals surface area contributed by atoms with Gasteiger partial charge in [-0.15, -0.1) is 0 Å². The van der Waals surface area contributed by atoms with Crippen molar-refractivity contribution in [2.45, 2.75) is 50.4 Å². The van der Waals surface area contributed by atoms with Crippen LogP contribution in [0.4, 0.5) is 0 Å². The number of nitrogens with two attached hydrogens (primary N) is 1. The van der Waals surface area contributed by atoms with Gasteiger partial charge in [0.1, 0.15) is 6.10 Å². The monoisotopic (exact) mass is 288 g/mol. The average molecular weight is 288 g/mol. The van der Waals surface area contributed by atoms with Crippen molar-refractivity contribution in [2.24, 2.45) is 5.73 Å². The van der Waals surface area contributed by atoms with Gasteiger partial charge in [0.05, 0.1) is 6.10 Å². The Hall–Kier alpha value is -1.39. The maximum Gasteiger partial charge on any atom is 0.251 e. The van der Waals surface area contributed by atoms with Crippen molar-refractivity contribution in [3.8, 4) is 0 Å². The molecule has 0 radical (unpaired) electrons. The van der Waals surface area contributed by atoms with Crippen molar-refractivity contribution in [1.82, 2.24) is 4.90 Å². The highest BCUT2D eigenvalue weighted by atomic mass is 16.5. The first kappa shape index (κ1) is 14.5. The Balaban J connectivity index is 1.65. The van der Waals surface area contributed by atoms with E-state index in [1.165, 1.54) is 5.56 Å². The highest BCUT2D eigenvalue weighted by Gasteiger charge is 2.39. The number of carbonyl (C=O) groups excluding carboxylic acids is 1. The van der Waals surface area contributed by atoms with Gasteiger partial charge in [-0.3, -0.25) is 4.79 Å². The predicted molar refractivity (Wildman–Crippen MR) is 81.9 cm³/mol. The Morgan fingerprint density at radius 3 is 2.76 bits per heavy atom. The van der Waals surface area contributed by atoms with Crippen molar-refractivity contribution in [3.63, 3.8) is 0 Å². The molecule has 21 heavy (non-hydrogen) atoms. The van der Waals surface area contributed by atoms with Crippen LogP contribution in [0.25, 0.3) is 0 Å². The number of amides is 1. The number of nitrogens with zero attached hydrogens (tertiary/aromatic N) is 1. The molecular weight excluding hydrogens is 264 g/mol. The second-order valence-corrected chi connectivity index (χ2v) is 6.24. The first-order valence-electron chi connectivity index (χ1n) is 7.90. The lowest BCUT2D eigenvalue weighted by atomic mass is 9.97. The van der Waals surface area contributed by atoms with E-state index >= 15 is 0 Å². The number of hydrogen-bond donors (Lipinski definition) is 1. The number of carbonyl (C=O) groups is 1. The van der Waals surface area contributed by atoms with Crippen LogP contribution < -0.4 is 5.73 Å². The van der Waals surface area contributed by atoms with E-state index in [1.807, 2.05) is 11.0 Å². The zero-order valence-electron chi connectivity index (χ0n) is 12.6. The Kier molecular flexibility index (Phi) is 4.27. The molecular formula is C17H24N2O2. The molecule has 2 aliphatic rings. The number of hydrogen-bond acceptors (Lipinski definition) is 3. The van der Waals surface area contributed by atoms with Gasteiger partial charge in [-0.05, 0) is 31.7 Å². The Morgan fingerprint density at radius 2 is 2.10 bits per heavy atom. The van der Waals surface area contributed by atoms with Crippen molar-refractivity contribution >= 4 is 5.91 Å². The quantitative estimate of drug-likeness (QED) is 0.924. The summed E-state index contributed by atoms with van der Waals surface area (Å²) < 4.78 is 5.76. The summed E-state index contributed by atoms with van der Waals surface area (Å²) in [4.78, 5) is 14.7. The fourth-order valence-electron chi connectivity index (χ4n) is 3.55. The third-order valence-corrected chi connectivity index (χ3v) is 4.77. The van der Waals surface area contributed by atoms with E-state index in [0.29, 0.717) is 12.5 Å². The van der Waals surface area contributed by atoms with E-state index in [4.69, 9.17) is 10.5 Å². The van der Waals surface area contributed by atoms with Crippen LogP contribution >= 0.6 is 0 Å². The van der Waals surface area contributed by atoms with E-state index in [-0.39, 0.29) is 24.2 Å². The molecule has 1 aromatic carbocycles. The van der Waals surface area contributed by atoms with E-state index in [0.717, 1.165) is 25.8 Å². The van der Waals surface area contributed by atoms with Gasteiger partial charge in [0.25, 0.3) is 5.91 Å². The van der Waals surface area contributed by atoms with Crippen LogP contribution in [-0.4, -0.2) is 42.1 Å². The van der Waals surface area contributed by atoms with E-state index < -0.39 is 0 Å². The maximum absolute atomic E-state index is 12.7. The van der Waals surface area contributed by atoms with Crippen LogP contribution in [0, 0.1) is 0 Å². The number of benzene rings is 1. The lowest BCUT2D eigenvalue weighted by molar-refractivity contribution is -0.143. The number of rotatable bonds is 3. The van der Waals surface area contributed by atoms with Gasteiger partial charge < -0.3 is 15.4 Å². The average Bonchev–Trinajstić information content (AvgIpc) is 3.14. The van der Waals surface area contributed by atoms with Crippen molar-refractivity contribution < 1.29 is 9.53 Å². The topological polar surface area (TPSA) is 55.6 Å². The minimum Gasteiger partial charge on any atom is -0.364 e. The van der Waals surface area contributed by atoms with Crippen molar-refractivity contribution in [3.05, 3.63) is 35.9 Å². The van der Waals surface area contributed by atoms with Gasteiger partial charge in [0, 0.05) is 25.0 Å². The van der Waals surface area contributed by atoms with Crippen LogP contribution in [0.1, 0.15) is 37.7 Å². The Morgan fingerprint density at radius 1 is 1.33 bits per heavy atom. The van der Waals surface area contributed by atoms with Gasteiger partial charge in [0.2, 0.25) is 0 Å². The summed E-state index contributed by atoms with van der Waals surface area (Å²) in [6.07, 6.45) is 2.51. The van der Waals surface area contributed by atoms with Gasteiger partial charge in [-0.1, -0.05) is 30.3 Å².